The summed E-state index contributed by atoms with van der Waals surface area (Å²) in [5, 5.41) is 0. The van der Waals surface area contributed by atoms with E-state index in [1.165, 1.54) is 0 Å². The molecule has 0 rings (SSSR count). The quantitative estimate of drug-likeness (QED) is 0.380. The maximum absolute atomic E-state index is 6.12. The summed E-state index contributed by atoms with van der Waals surface area (Å²) in [6, 6.07) is 0.791. The maximum atomic E-state index is 6.12. The summed E-state index contributed by atoms with van der Waals surface area (Å²) < 4.78 is 23.7. The largest absolute Gasteiger partial charge is 0.502 e. The summed E-state index contributed by atoms with van der Waals surface area (Å²) in [5.41, 5.74) is 0. The van der Waals surface area contributed by atoms with E-state index in [9.17, 15) is 0 Å². The van der Waals surface area contributed by atoms with Crippen LogP contribution in [0.2, 0.25) is 6.04 Å². The molecule has 0 aliphatic carbocycles. The van der Waals surface area contributed by atoms with E-state index in [0.717, 1.165) is 31.7 Å². The Morgan fingerprint density at radius 1 is 0.789 bits per heavy atom. The smallest absolute Gasteiger partial charge is 0.373 e. The molecule has 0 radical (unpaired) electrons. The zero-order chi connectivity index (χ0) is 14.6. The predicted octanol–water partition coefficient (Wildman–Crippen LogP) is 3.98. The lowest BCUT2D eigenvalue weighted by Gasteiger charge is -2.32. The molecule has 0 aromatic carbocycles. The van der Waals surface area contributed by atoms with Crippen molar-refractivity contribution in [3.8, 4) is 0 Å². The molecule has 19 heavy (non-hydrogen) atoms. The molecule has 0 saturated heterocycles. The van der Waals surface area contributed by atoms with Gasteiger partial charge in [-0.1, -0.05) is 34.6 Å². The van der Waals surface area contributed by atoms with Gasteiger partial charge in [0.1, 0.15) is 0 Å². The summed E-state index contributed by atoms with van der Waals surface area (Å²) in [4.78, 5) is 0. The Morgan fingerprint density at radius 3 is 1.68 bits per heavy atom. The second-order valence-corrected chi connectivity index (χ2v) is 7.45. The van der Waals surface area contributed by atoms with Gasteiger partial charge in [0, 0.05) is 25.9 Å². The van der Waals surface area contributed by atoms with Crippen LogP contribution in [-0.2, 0) is 18.0 Å². The molecule has 0 saturated carbocycles. The summed E-state index contributed by atoms with van der Waals surface area (Å²) in [7, 11) is -2.57. The average Bonchev–Trinajstić information content (AvgIpc) is 2.46. The van der Waals surface area contributed by atoms with Crippen LogP contribution in [0.4, 0.5) is 0 Å². The third-order valence-electron chi connectivity index (χ3n) is 2.64. The molecular weight excluding hydrogens is 260 g/mol. The molecule has 0 heterocycles. The van der Waals surface area contributed by atoms with Gasteiger partial charge in [0.25, 0.3) is 0 Å². The fourth-order valence-electron chi connectivity index (χ4n) is 1.60. The first-order valence-electron chi connectivity index (χ1n) is 7.75. The highest BCUT2D eigenvalue weighted by atomic mass is 28.4. The highest BCUT2D eigenvalue weighted by Crippen LogP contribution is 2.20. The molecule has 5 heteroatoms. The zero-order valence-electron chi connectivity index (χ0n) is 13.4. The van der Waals surface area contributed by atoms with Crippen molar-refractivity contribution in [2.45, 2.75) is 72.6 Å². The Kier molecular flexibility index (Phi) is 11.9. The van der Waals surface area contributed by atoms with E-state index in [4.69, 9.17) is 18.0 Å². The van der Waals surface area contributed by atoms with E-state index >= 15 is 0 Å². The Labute approximate surface area is 120 Å². The summed E-state index contributed by atoms with van der Waals surface area (Å²) in [5.74, 6) is 0. The van der Waals surface area contributed by atoms with Gasteiger partial charge in [-0.3, -0.25) is 0 Å². The van der Waals surface area contributed by atoms with Crippen molar-refractivity contribution < 1.29 is 18.0 Å². The van der Waals surface area contributed by atoms with Crippen molar-refractivity contribution in [1.29, 1.82) is 0 Å². The third-order valence-corrected chi connectivity index (χ3v) is 5.41. The van der Waals surface area contributed by atoms with Crippen LogP contribution in [-0.4, -0.2) is 34.9 Å². The van der Waals surface area contributed by atoms with Gasteiger partial charge in [-0.25, -0.2) is 0 Å². The zero-order valence-corrected chi connectivity index (χ0v) is 14.4. The Hall–Kier alpha value is 0.0569. The molecule has 0 aliphatic rings. The molecule has 116 valence electrons. The second-order valence-electron chi connectivity index (χ2n) is 4.56. The van der Waals surface area contributed by atoms with E-state index < -0.39 is 8.80 Å². The van der Waals surface area contributed by atoms with Crippen LogP contribution >= 0.6 is 0 Å². The van der Waals surface area contributed by atoms with E-state index in [0.29, 0.717) is 19.8 Å². The lowest BCUT2D eigenvalue weighted by molar-refractivity contribution is -0.121. The second kappa shape index (κ2) is 11.8. The van der Waals surface area contributed by atoms with E-state index in [2.05, 4.69) is 34.6 Å². The van der Waals surface area contributed by atoms with Crippen molar-refractivity contribution in [2.24, 2.45) is 0 Å². The molecule has 0 amide bonds. The molecule has 0 aliphatic heterocycles. The van der Waals surface area contributed by atoms with E-state index in [1.54, 1.807) is 0 Å². The molecule has 0 N–H and O–H groups in total. The van der Waals surface area contributed by atoms with Crippen LogP contribution in [0.5, 0.6) is 0 Å². The fourth-order valence-corrected chi connectivity index (χ4v) is 4.06. The first-order chi connectivity index (χ1) is 9.17. The SMILES string of the molecule is CCCOC(CC)O[Si](CC)(OCCC)OCCC. The topological polar surface area (TPSA) is 36.9 Å². The number of rotatable bonds is 13. The summed E-state index contributed by atoms with van der Waals surface area (Å²) in [6.45, 7) is 12.5. The van der Waals surface area contributed by atoms with Gasteiger partial charge in [0.2, 0.25) is 0 Å². The minimum atomic E-state index is -2.57. The fraction of sp³-hybridized carbons (Fsp3) is 1.00. The van der Waals surface area contributed by atoms with Gasteiger partial charge in [0.15, 0.2) is 6.29 Å². The predicted molar refractivity (Wildman–Crippen MR) is 80.1 cm³/mol. The first-order valence-corrected chi connectivity index (χ1v) is 9.68. The van der Waals surface area contributed by atoms with Crippen LogP contribution in [0.25, 0.3) is 0 Å². The van der Waals surface area contributed by atoms with E-state index in [-0.39, 0.29) is 6.29 Å². The molecule has 0 bridgehead atoms. The highest BCUT2D eigenvalue weighted by molar-refractivity contribution is 6.60. The Balaban J connectivity index is 4.57. The van der Waals surface area contributed by atoms with Crippen LogP contribution in [0.15, 0.2) is 0 Å². The molecule has 1 unspecified atom stereocenters. The number of hydrogen-bond acceptors (Lipinski definition) is 4. The van der Waals surface area contributed by atoms with E-state index in [1.807, 2.05) is 0 Å². The Morgan fingerprint density at radius 2 is 1.32 bits per heavy atom. The van der Waals surface area contributed by atoms with Crippen LogP contribution in [0, 0.1) is 0 Å². The van der Waals surface area contributed by atoms with Gasteiger partial charge in [-0.05, 0) is 25.7 Å². The van der Waals surface area contributed by atoms with Gasteiger partial charge >= 0.3 is 8.80 Å². The van der Waals surface area contributed by atoms with Crippen LogP contribution in [0.1, 0.15) is 60.3 Å². The molecule has 0 fully saturated rings. The van der Waals surface area contributed by atoms with Crippen molar-refractivity contribution in [1.82, 2.24) is 0 Å². The minimum Gasteiger partial charge on any atom is -0.373 e. The van der Waals surface area contributed by atoms with Gasteiger partial charge in [0.05, 0.1) is 0 Å². The summed E-state index contributed by atoms with van der Waals surface area (Å²) in [6.07, 6.45) is 3.55. The maximum Gasteiger partial charge on any atom is 0.502 e. The number of hydrogen-bond donors (Lipinski definition) is 0. The highest BCUT2D eigenvalue weighted by Gasteiger charge is 2.41. The van der Waals surface area contributed by atoms with Crippen molar-refractivity contribution >= 4 is 8.80 Å². The van der Waals surface area contributed by atoms with Crippen molar-refractivity contribution in [2.75, 3.05) is 19.8 Å². The van der Waals surface area contributed by atoms with Crippen LogP contribution < -0.4 is 0 Å². The molecule has 0 aromatic rings. The van der Waals surface area contributed by atoms with Gasteiger partial charge < -0.3 is 18.0 Å². The van der Waals surface area contributed by atoms with Crippen LogP contribution in [0.3, 0.4) is 0 Å². The molecule has 4 nitrogen and oxygen atoms in total. The Bertz CT molecular complexity index is 194. The summed E-state index contributed by atoms with van der Waals surface area (Å²) >= 11 is 0. The van der Waals surface area contributed by atoms with Gasteiger partial charge in [-0.2, -0.15) is 0 Å². The third kappa shape index (κ3) is 8.04. The van der Waals surface area contributed by atoms with Crippen molar-refractivity contribution in [3.63, 3.8) is 0 Å². The molecule has 0 spiro atoms. The lowest BCUT2D eigenvalue weighted by Crippen LogP contribution is -2.48. The molecule has 1 atom stereocenters. The first kappa shape index (κ1) is 19.1. The molecular formula is C14H32O4Si. The van der Waals surface area contributed by atoms with Crippen molar-refractivity contribution in [3.05, 3.63) is 0 Å². The monoisotopic (exact) mass is 292 g/mol. The standard InChI is InChI=1S/C14H32O4Si/c1-6-11-15-14(9-4)18-19(10-5,16-12-7-2)17-13-8-3/h14H,6-13H2,1-5H3. The number of ether oxygens (including phenoxy) is 1. The average molecular weight is 292 g/mol. The van der Waals surface area contributed by atoms with Gasteiger partial charge in [-0.15, -0.1) is 0 Å². The normalized spacial score (nSPS) is 13.7. The minimum absolute atomic E-state index is 0.208. The molecule has 0 aromatic heterocycles. The lowest BCUT2D eigenvalue weighted by atomic mass is 10.5.